The topological polar surface area (TPSA) is 119 Å². The van der Waals surface area contributed by atoms with Crippen molar-refractivity contribution in [1.82, 2.24) is 20.6 Å². The number of anilines is 2. The van der Waals surface area contributed by atoms with Crippen molar-refractivity contribution < 1.29 is 4.79 Å². The van der Waals surface area contributed by atoms with E-state index in [4.69, 9.17) is 0 Å². The molecule has 1 aromatic heterocycles. The van der Waals surface area contributed by atoms with Crippen molar-refractivity contribution in [2.24, 2.45) is 5.92 Å². The fourth-order valence-corrected chi connectivity index (χ4v) is 2.85. The SMILES string of the molecule is Cc1ccc(NC=C(C#N)c2nn[nH]n2)cc1NC(=O)C1CCCC1. The van der Waals surface area contributed by atoms with Gasteiger partial charge in [-0.1, -0.05) is 18.9 Å². The minimum absolute atomic E-state index is 0.0813. The van der Waals surface area contributed by atoms with Gasteiger partial charge in [0.1, 0.15) is 11.6 Å². The second-order valence-corrected chi connectivity index (χ2v) is 6.05. The van der Waals surface area contributed by atoms with Crippen LogP contribution in [-0.2, 0) is 4.79 Å². The Hall–Kier alpha value is -3.21. The van der Waals surface area contributed by atoms with Crippen LogP contribution in [0.15, 0.2) is 24.4 Å². The van der Waals surface area contributed by atoms with Crippen LogP contribution in [0.4, 0.5) is 11.4 Å². The molecule has 2 aromatic rings. The Morgan fingerprint density at radius 2 is 2.20 bits per heavy atom. The number of allylic oxidation sites excluding steroid dienone is 1. The molecule has 1 aromatic carbocycles. The predicted molar refractivity (Wildman–Crippen MR) is 93.2 cm³/mol. The molecule has 0 aliphatic heterocycles. The molecule has 0 spiro atoms. The molecule has 0 radical (unpaired) electrons. The molecule has 1 fully saturated rings. The van der Waals surface area contributed by atoms with Crippen LogP contribution in [0.2, 0.25) is 0 Å². The summed E-state index contributed by atoms with van der Waals surface area (Å²) in [5, 5.41) is 28.5. The van der Waals surface area contributed by atoms with E-state index in [-0.39, 0.29) is 23.2 Å². The van der Waals surface area contributed by atoms with E-state index in [1.54, 1.807) is 0 Å². The first-order valence-corrected chi connectivity index (χ1v) is 8.19. The van der Waals surface area contributed by atoms with Gasteiger partial charge in [0, 0.05) is 23.5 Å². The van der Waals surface area contributed by atoms with Gasteiger partial charge in [-0.05, 0) is 42.7 Å². The van der Waals surface area contributed by atoms with E-state index < -0.39 is 0 Å². The van der Waals surface area contributed by atoms with Gasteiger partial charge >= 0.3 is 0 Å². The lowest BCUT2D eigenvalue weighted by Crippen LogP contribution is -2.20. The van der Waals surface area contributed by atoms with Gasteiger partial charge in [0.05, 0.1) is 0 Å². The van der Waals surface area contributed by atoms with Crippen molar-refractivity contribution in [3.05, 3.63) is 35.8 Å². The van der Waals surface area contributed by atoms with Crippen molar-refractivity contribution in [2.45, 2.75) is 32.6 Å². The van der Waals surface area contributed by atoms with Gasteiger partial charge in [0.2, 0.25) is 11.7 Å². The number of nitrogens with one attached hydrogen (secondary N) is 3. The number of hydrogen-bond acceptors (Lipinski definition) is 6. The van der Waals surface area contributed by atoms with Gasteiger partial charge in [-0.15, -0.1) is 10.2 Å². The minimum Gasteiger partial charge on any atom is -0.360 e. The van der Waals surface area contributed by atoms with Crippen LogP contribution in [0.5, 0.6) is 0 Å². The molecule has 128 valence electrons. The maximum Gasteiger partial charge on any atom is 0.227 e. The number of aromatic nitrogens is 4. The molecule has 8 heteroatoms. The number of hydrogen-bond donors (Lipinski definition) is 3. The molecule has 0 saturated heterocycles. The van der Waals surface area contributed by atoms with Crippen molar-refractivity contribution in [2.75, 3.05) is 10.6 Å². The van der Waals surface area contributed by atoms with Crippen molar-refractivity contribution in [3.8, 4) is 6.07 Å². The summed E-state index contributed by atoms with van der Waals surface area (Å²) in [7, 11) is 0. The zero-order valence-electron chi connectivity index (χ0n) is 13.9. The summed E-state index contributed by atoms with van der Waals surface area (Å²) in [6.45, 7) is 1.95. The minimum atomic E-state index is 0.0813. The lowest BCUT2D eigenvalue weighted by molar-refractivity contribution is -0.119. The molecule has 1 aliphatic carbocycles. The quantitative estimate of drug-likeness (QED) is 0.721. The number of rotatable bonds is 5. The van der Waals surface area contributed by atoms with Crippen molar-refractivity contribution in [3.63, 3.8) is 0 Å². The van der Waals surface area contributed by atoms with Gasteiger partial charge in [0.15, 0.2) is 0 Å². The average Bonchev–Trinajstić information content (AvgIpc) is 3.31. The number of nitriles is 1. The van der Waals surface area contributed by atoms with E-state index in [2.05, 4.69) is 31.3 Å². The highest BCUT2D eigenvalue weighted by atomic mass is 16.1. The highest BCUT2D eigenvalue weighted by Gasteiger charge is 2.23. The second kappa shape index (κ2) is 7.57. The molecule has 1 amide bonds. The largest absolute Gasteiger partial charge is 0.360 e. The summed E-state index contributed by atoms with van der Waals surface area (Å²) in [6.07, 6.45) is 5.68. The van der Waals surface area contributed by atoms with Gasteiger partial charge < -0.3 is 10.6 Å². The maximum absolute atomic E-state index is 12.3. The number of benzene rings is 1. The number of nitrogens with zero attached hydrogens (tertiary/aromatic N) is 4. The Bertz CT molecular complexity index is 814. The molecule has 0 unspecified atom stereocenters. The zero-order chi connectivity index (χ0) is 17.6. The van der Waals surface area contributed by atoms with E-state index >= 15 is 0 Å². The summed E-state index contributed by atoms with van der Waals surface area (Å²) in [4.78, 5) is 12.3. The fourth-order valence-electron chi connectivity index (χ4n) is 2.85. The fraction of sp³-hybridized carbons (Fsp3) is 0.353. The molecule has 0 atom stereocenters. The summed E-state index contributed by atoms with van der Waals surface area (Å²) in [5.41, 5.74) is 2.77. The monoisotopic (exact) mass is 337 g/mol. The Morgan fingerprint density at radius 1 is 1.40 bits per heavy atom. The predicted octanol–water partition coefficient (Wildman–Crippen LogP) is 2.61. The number of carbonyl (C=O) groups is 1. The lowest BCUT2D eigenvalue weighted by atomic mass is 10.1. The molecular formula is C17H19N7O. The van der Waals surface area contributed by atoms with Crippen LogP contribution in [0, 0.1) is 24.2 Å². The number of aryl methyl sites for hydroxylation is 1. The van der Waals surface area contributed by atoms with E-state index in [9.17, 15) is 10.1 Å². The Labute approximate surface area is 145 Å². The Kier molecular flexibility index (Phi) is 5.04. The Balaban J connectivity index is 1.72. The third-order valence-electron chi connectivity index (χ3n) is 4.31. The summed E-state index contributed by atoms with van der Waals surface area (Å²) in [6, 6.07) is 7.66. The maximum atomic E-state index is 12.3. The van der Waals surface area contributed by atoms with E-state index in [0.29, 0.717) is 0 Å². The summed E-state index contributed by atoms with van der Waals surface area (Å²) in [5.74, 6) is 0.411. The number of amides is 1. The highest BCUT2D eigenvalue weighted by Crippen LogP contribution is 2.27. The number of H-pyrrole nitrogens is 1. The Morgan fingerprint density at radius 3 is 2.88 bits per heavy atom. The molecule has 25 heavy (non-hydrogen) atoms. The second-order valence-electron chi connectivity index (χ2n) is 6.05. The van der Waals surface area contributed by atoms with E-state index in [1.807, 2.05) is 31.2 Å². The number of carbonyl (C=O) groups excluding carboxylic acids is 1. The molecule has 0 bridgehead atoms. The van der Waals surface area contributed by atoms with Gasteiger partial charge in [-0.3, -0.25) is 4.79 Å². The van der Waals surface area contributed by atoms with Crippen LogP contribution in [0.1, 0.15) is 37.1 Å². The smallest absolute Gasteiger partial charge is 0.227 e. The van der Waals surface area contributed by atoms with Crippen LogP contribution >= 0.6 is 0 Å². The van der Waals surface area contributed by atoms with E-state index in [0.717, 1.165) is 42.6 Å². The summed E-state index contributed by atoms with van der Waals surface area (Å²) >= 11 is 0. The third-order valence-corrected chi connectivity index (χ3v) is 4.31. The van der Waals surface area contributed by atoms with Crippen LogP contribution in [0.25, 0.3) is 5.57 Å². The number of aromatic amines is 1. The van der Waals surface area contributed by atoms with Gasteiger partial charge in [-0.25, -0.2) is 0 Å². The standard InChI is InChI=1S/C17H19N7O/c1-11-6-7-14(19-10-13(9-18)16-21-23-24-22-16)8-15(11)20-17(25)12-4-2-3-5-12/h6-8,10,12,19H,2-5H2,1H3,(H,20,25)(H,21,22,23,24). The molecule has 1 aliphatic rings. The normalized spacial score (nSPS) is 15.0. The van der Waals surface area contributed by atoms with E-state index in [1.165, 1.54) is 6.20 Å². The zero-order valence-corrected chi connectivity index (χ0v) is 13.9. The molecule has 8 nitrogen and oxygen atoms in total. The van der Waals surface area contributed by atoms with Crippen LogP contribution in [-0.4, -0.2) is 26.5 Å². The average molecular weight is 337 g/mol. The van der Waals surface area contributed by atoms with Gasteiger partial charge in [-0.2, -0.15) is 10.5 Å². The lowest BCUT2D eigenvalue weighted by Gasteiger charge is -2.14. The highest BCUT2D eigenvalue weighted by molar-refractivity contribution is 5.94. The first-order valence-electron chi connectivity index (χ1n) is 8.19. The van der Waals surface area contributed by atoms with Gasteiger partial charge in [0.25, 0.3) is 0 Å². The summed E-state index contributed by atoms with van der Waals surface area (Å²) < 4.78 is 0. The number of tetrazole rings is 1. The van der Waals surface area contributed by atoms with Crippen LogP contribution < -0.4 is 10.6 Å². The van der Waals surface area contributed by atoms with Crippen LogP contribution in [0.3, 0.4) is 0 Å². The molecular weight excluding hydrogens is 318 g/mol. The first-order chi connectivity index (χ1) is 12.2. The first kappa shape index (κ1) is 16.6. The third kappa shape index (κ3) is 4.01. The molecule has 3 N–H and O–H groups in total. The molecule has 1 saturated carbocycles. The molecule has 3 rings (SSSR count). The van der Waals surface area contributed by atoms with Crippen molar-refractivity contribution >= 4 is 22.9 Å². The molecule has 1 heterocycles. The van der Waals surface area contributed by atoms with Crippen molar-refractivity contribution in [1.29, 1.82) is 5.26 Å².